The van der Waals surface area contributed by atoms with Crippen LogP contribution < -0.4 is 4.74 Å². The summed E-state index contributed by atoms with van der Waals surface area (Å²) in [6.45, 7) is 3.35. The Morgan fingerprint density at radius 2 is 1.73 bits per heavy atom. The third-order valence-electron chi connectivity index (χ3n) is 3.12. The van der Waals surface area contributed by atoms with Gasteiger partial charge in [-0.15, -0.1) is 0 Å². The lowest BCUT2D eigenvalue weighted by Crippen LogP contribution is -2.39. The quantitative estimate of drug-likeness (QED) is 0.654. The Morgan fingerprint density at radius 1 is 1.14 bits per heavy atom. The number of methoxy groups -OCH3 is 2. The van der Waals surface area contributed by atoms with Gasteiger partial charge in [0.2, 0.25) is 0 Å². The molecule has 0 saturated carbocycles. The number of hydrogen-bond acceptors (Lipinski definition) is 6. The second kappa shape index (κ2) is 11.0. The lowest BCUT2D eigenvalue weighted by atomic mass is 10.2. The molecule has 0 saturated heterocycles. The number of ether oxygens (including phenoxy) is 3. The summed E-state index contributed by atoms with van der Waals surface area (Å²) in [6, 6.07) is 8.86. The Labute approximate surface area is 131 Å². The van der Waals surface area contributed by atoms with Gasteiger partial charge in [0.15, 0.2) is 0 Å². The van der Waals surface area contributed by atoms with Gasteiger partial charge < -0.3 is 19.3 Å². The first-order valence-electron chi connectivity index (χ1n) is 7.20. The minimum absolute atomic E-state index is 0.197. The predicted molar refractivity (Wildman–Crippen MR) is 82.9 cm³/mol. The number of rotatable bonds is 11. The highest BCUT2D eigenvalue weighted by Crippen LogP contribution is 2.11. The molecule has 0 amide bonds. The van der Waals surface area contributed by atoms with Crippen molar-refractivity contribution in [1.29, 1.82) is 5.26 Å². The molecule has 0 fully saturated rings. The molecule has 0 aliphatic carbocycles. The van der Waals surface area contributed by atoms with E-state index in [1.807, 2.05) is 6.07 Å². The standard InChI is InChI=1S/C16H24N2O4/c1-20-9-7-18(8-10-21-2)12-15(19)13-22-16-5-3-14(11-17)4-6-16/h3-6,15,19H,7-10,12-13H2,1-2H3/t15-/m1/s1. The summed E-state index contributed by atoms with van der Waals surface area (Å²) in [6.07, 6.45) is -0.607. The average Bonchev–Trinajstić information content (AvgIpc) is 2.55. The van der Waals surface area contributed by atoms with Crippen LogP contribution in [0.25, 0.3) is 0 Å². The van der Waals surface area contributed by atoms with Gasteiger partial charge in [-0.2, -0.15) is 5.26 Å². The van der Waals surface area contributed by atoms with Crippen LogP contribution in [-0.2, 0) is 9.47 Å². The Hall–Kier alpha value is -1.65. The first-order valence-corrected chi connectivity index (χ1v) is 7.20. The lowest BCUT2D eigenvalue weighted by molar-refractivity contribution is 0.0460. The SMILES string of the molecule is COCCN(CCOC)C[C@@H](O)COc1ccc(C#N)cc1. The van der Waals surface area contributed by atoms with Crippen LogP contribution in [0.5, 0.6) is 5.75 Å². The Morgan fingerprint density at radius 3 is 2.23 bits per heavy atom. The molecule has 6 heteroatoms. The van der Waals surface area contributed by atoms with Crippen molar-refractivity contribution >= 4 is 0 Å². The van der Waals surface area contributed by atoms with Crippen molar-refractivity contribution in [2.75, 3.05) is 53.7 Å². The fraction of sp³-hybridized carbons (Fsp3) is 0.562. The molecule has 122 valence electrons. The summed E-state index contributed by atoms with van der Waals surface area (Å²) >= 11 is 0. The van der Waals surface area contributed by atoms with E-state index in [1.54, 1.807) is 38.5 Å². The Kier molecular flexibility index (Phi) is 9.19. The zero-order chi connectivity index (χ0) is 16.2. The number of hydrogen-bond donors (Lipinski definition) is 1. The molecule has 0 heterocycles. The van der Waals surface area contributed by atoms with E-state index in [-0.39, 0.29) is 6.61 Å². The second-order valence-electron chi connectivity index (χ2n) is 4.89. The molecule has 0 aliphatic rings. The normalized spacial score (nSPS) is 12.1. The molecule has 0 unspecified atom stereocenters. The topological polar surface area (TPSA) is 75.0 Å². The number of aliphatic hydroxyl groups is 1. The van der Waals surface area contributed by atoms with Crippen molar-refractivity contribution in [2.24, 2.45) is 0 Å². The Balaban J connectivity index is 2.37. The summed E-state index contributed by atoms with van der Waals surface area (Å²) in [4.78, 5) is 2.07. The molecule has 6 nitrogen and oxygen atoms in total. The van der Waals surface area contributed by atoms with Gasteiger partial charge in [-0.05, 0) is 24.3 Å². The molecule has 0 spiro atoms. The van der Waals surface area contributed by atoms with E-state index in [2.05, 4.69) is 4.90 Å². The predicted octanol–water partition coefficient (Wildman–Crippen LogP) is 0.893. The Bertz CT molecular complexity index is 436. The highest BCUT2D eigenvalue weighted by molar-refractivity contribution is 5.34. The number of nitriles is 1. The third-order valence-corrected chi connectivity index (χ3v) is 3.12. The van der Waals surface area contributed by atoms with Crippen LogP contribution in [0.15, 0.2) is 24.3 Å². The van der Waals surface area contributed by atoms with Crippen LogP contribution in [0, 0.1) is 11.3 Å². The van der Waals surface area contributed by atoms with Crippen molar-refractivity contribution in [3.05, 3.63) is 29.8 Å². The molecular formula is C16H24N2O4. The van der Waals surface area contributed by atoms with Gasteiger partial charge >= 0.3 is 0 Å². The van der Waals surface area contributed by atoms with Crippen molar-refractivity contribution in [3.63, 3.8) is 0 Å². The molecule has 1 aromatic rings. The smallest absolute Gasteiger partial charge is 0.119 e. The van der Waals surface area contributed by atoms with Crippen molar-refractivity contribution in [3.8, 4) is 11.8 Å². The molecule has 1 atom stereocenters. The molecule has 1 N–H and O–H groups in total. The first-order chi connectivity index (χ1) is 10.7. The van der Waals surface area contributed by atoms with Crippen LogP contribution in [0.3, 0.4) is 0 Å². The monoisotopic (exact) mass is 308 g/mol. The fourth-order valence-corrected chi connectivity index (χ4v) is 1.90. The zero-order valence-electron chi connectivity index (χ0n) is 13.2. The molecule has 0 aliphatic heterocycles. The average molecular weight is 308 g/mol. The fourth-order valence-electron chi connectivity index (χ4n) is 1.90. The maximum atomic E-state index is 10.1. The zero-order valence-corrected chi connectivity index (χ0v) is 13.2. The van der Waals surface area contributed by atoms with Crippen LogP contribution >= 0.6 is 0 Å². The molecule has 22 heavy (non-hydrogen) atoms. The second-order valence-corrected chi connectivity index (χ2v) is 4.89. The number of benzene rings is 1. The summed E-state index contributed by atoms with van der Waals surface area (Å²) in [5, 5.41) is 18.8. The minimum atomic E-state index is -0.607. The molecule has 1 rings (SSSR count). The van der Waals surface area contributed by atoms with E-state index >= 15 is 0 Å². The first kappa shape index (κ1) is 18.4. The lowest BCUT2D eigenvalue weighted by Gasteiger charge is -2.24. The maximum Gasteiger partial charge on any atom is 0.119 e. The van der Waals surface area contributed by atoms with E-state index in [0.29, 0.717) is 31.1 Å². The number of aliphatic hydroxyl groups excluding tert-OH is 1. The highest BCUT2D eigenvalue weighted by atomic mass is 16.5. The molecular weight excluding hydrogens is 284 g/mol. The van der Waals surface area contributed by atoms with Crippen molar-refractivity contribution < 1.29 is 19.3 Å². The molecule has 1 aromatic carbocycles. The molecule has 0 aromatic heterocycles. The summed E-state index contributed by atoms with van der Waals surface area (Å²) in [7, 11) is 3.30. The molecule has 0 radical (unpaired) electrons. The third kappa shape index (κ3) is 7.38. The van der Waals surface area contributed by atoms with E-state index in [1.165, 1.54) is 0 Å². The maximum absolute atomic E-state index is 10.1. The minimum Gasteiger partial charge on any atom is -0.491 e. The van der Waals surface area contributed by atoms with Gasteiger partial charge in [0.05, 0.1) is 24.8 Å². The van der Waals surface area contributed by atoms with Crippen molar-refractivity contribution in [1.82, 2.24) is 4.90 Å². The van der Waals surface area contributed by atoms with E-state index in [9.17, 15) is 5.11 Å². The summed E-state index contributed by atoms with van der Waals surface area (Å²) in [5.41, 5.74) is 0.582. The van der Waals surface area contributed by atoms with E-state index < -0.39 is 6.10 Å². The number of nitrogens with zero attached hydrogens (tertiary/aromatic N) is 2. The van der Waals surface area contributed by atoms with Crippen LogP contribution in [0.4, 0.5) is 0 Å². The van der Waals surface area contributed by atoms with Crippen LogP contribution in [-0.4, -0.2) is 69.8 Å². The van der Waals surface area contributed by atoms with Gasteiger partial charge in [0.25, 0.3) is 0 Å². The van der Waals surface area contributed by atoms with Gasteiger partial charge in [-0.1, -0.05) is 0 Å². The van der Waals surface area contributed by atoms with Gasteiger partial charge in [-0.3, -0.25) is 4.90 Å². The van der Waals surface area contributed by atoms with E-state index in [0.717, 1.165) is 13.1 Å². The molecule has 0 bridgehead atoms. The van der Waals surface area contributed by atoms with Gasteiger partial charge in [0, 0.05) is 33.9 Å². The van der Waals surface area contributed by atoms with Crippen LogP contribution in [0.1, 0.15) is 5.56 Å². The largest absolute Gasteiger partial charge is 0.491 e. The van der Waals surface area contributed by atoms with Gasteiger partial charge in [0.1, 0.15) is 18.5 Å². The summed E-state index contributed by atoms with van der Waals surface area (Å²) in [5.74, 6) is 0.637. The highest BCUT2D eigenvalue weighted by Gasteiger charge is 2.12. The van der Waals surface area contributed by atoms with E-state index in [4.69, 9.17) is 19.5 Å². The summed E-state index contributed by atoms with van der Waals surface area (Å²) < 4.78 is 15.7. The van der Waals surface area contributed by atoms with Crippen molar-refractivity contribution in [2.45, 2.75) is 6.10 Å². The van der Waals surface area contributed by atoms with Gasteiger partial charge in [-0.25, -0.2) is 0 Å². The van der Waals surface area contributed by atoms with Crippen LogP contribution in [0.2, 0.25) is 0 Å².